The molecule has 0 spiro atoms. The monoisotopic (exact) mass is 250 g/mol. The smallest absolute Gasteiger partial charge is 0.133 e. The third-order valence-corrected chi connectivity index (χ3v) is 4.33. The van der Waals surface area contributed by atoms with Crippen LogP contribution in [-0.2, 0) is 4.79 Å². The maximum atomic E-state index is 10.7. The van der Waals surface area contributed by atoms with Crippen LogP contribution in [0, 0.1) is 16.7 Å². The number of allylic oxidation sites excluding steroid dienone is 1. The van der Waals surface area contributed by atoms with E-state index in [4.69, 9.17) is 0 Å². The highest BCUT2D eigenvalue weighted by atomic mass is 16.1. The highest BCUT2D eigenvalue weighted by Gasteiger charge is 2.29. The van der Waals surface area contributed by atoms with Crippen LogP contribution in [0.1, 0.15) is 72.6 Å². The normalized spacial score (nSPS) is 28.7. The molecule has 2 saturated carbocycles. The van der Waals surface area contributed by atoms with Crippen LogP contribution in [0.4, 0.5) is 0 Å². The molecule has 0 aromatic carbocycles. The lowest BCUT2D eigenvalue weighted by Crippen LogP contribution is -2.04. The average molecular weight is 250 g/mol. The summed E-state index contributed by atoms with van der Waals surface area (Å²) in [5, 5.41) is 0. The van der Waals surface area contributed by atoms with E-state index in [2.05, 4.69) is 40.3 Å². The molecule has 0 radical (unpaired) electrons. The van der Waals surface area contributed by atoms with Gasteiger partial charge in [-0.2, -0.15) is 0 Å². The number of rotatable bonds is 2. The SMILES string of the molecule is C=CCC1CCC(C)(C)C1.CC1(C)CCC(=O)C1. The molecule has 2 rings (SSSR count). The van der Waals surface area contributed by atoms with Crippen molar-refractivity contribution in [1.29, 1.82) is 0 Å². The van der Waals surface area contributed by atoms with E-state index >= 15 is 0 Å². The van der Waals surface area contributed by atoms with Gasteiger partial charge in [0.25, 0.3) is 0 Å². The first-order chi connectivity index (χ1) is 8.24. The van der Waals surface area contributed by atoms with Crippen molar-refractivity contribution in [2.24, 2.45) is 16.7 Å². The van der Waals surface area contributed by atoms with Gasteiger partial charge in [0.15, 0.2) is 0 Å². The van der Waals surface area contributed by atoms with E-state index in [-0.39, 0.29) is 0 Å². The van der Waals surface area contributed by atoms with Crippen molar-refractivity contribution < 1.29 is 4.79 Å². The van der Waals surface area contributed by atoms with Crippen LogP contribution in [0.5, 0.6) is 0 Å². The summed E-state index contributed by atoms with van der Waals surface area (Å²) in [6, 6.07) is 0. The molecular formula is C17H30O. The van der Waals surface area contributed by atoms with Gasteiger partial charge in [0.1, 0.15) is 5.78 Å². The van der Waals surface area contributed by atoms with E-state index < -0.39 is 0 Å². The fraction of sp³-hybridized carbons (Fsp3) is 0.824. The minimum atomic E-state index is 0.317. The summed E-state index contributed by atoms with van der Waals surface area (Å²) >= 11 is 0. The Hall–Kier alpha value is -0.590. The summed E-state index contributed by atoms with van der Waals surface area (Å²) in [6.45, 7) is 12.8. The fourth-order valence-electron chi connectivity index (χ4n) is 3.21. The Morgan fingerprint density at radius 1 is 1.22 bits per heavy atom. The van der Waals surface area contributed by atoms with Crippen LogP contribution in [-0.4, -0.2) is 5.78 Å². The highest BCUT2D eigenvalue weighted by Crippen LogP contribution is 2.42. The maximum absolute atomic E-state index is 10.7. The summed E-state index contributed by atoms with van der Waals surface area (Å²) in [7, 11) is 0. The largest absolute Gasteiger partial charge is 0.300 e. The molecule has 0 amide bonds. The van der Waals surface area contributed by atoms with Gasteiger partial charge >= 0.3 is 0 Å². The first-order valence-corrected chi connectivity index (χ1v) is 7.37. The Morgan fingerprint density at radius 2 is 1.89 bits per heavy atom. The molecule has 18 heavy (non-hydrogen) atoms. The molecule has 0 aliphatic heterocycles. The average Bonchev–Trinajstić information content (AvgIpc) is 2.71. The van der Waals surface area contributed by atoms with Crippen LogP contribution in [0.2, 0.25) is 0 Å². The quantitative estimate of drug-likeness (QED) is 0.619. The number of hydrogen-bond donors (Lipinski definition) is 0. The molecular weight excluding hydrogens is 220 g/mol. The second-order valence-electron chi connectivity index (χ2n) is 7.68. The molecule has 0 bridgehead atoms. The Balaban J connectivity index is 0.000000184. The minimum Gasteiger partial charge on any atom is -0.300 e. The predicted molar refractivity (Wildman–Crippen MR) is 78.6 cm³/mol. The Kier molecular flexibility index (Phi) is 5.19. The molecule has 1 unspecified atom stereocenters. The molecule has 2 aliphatic carbocycles. The van der Waals surface area contributed by atoms with Gasteiger partial charge in [-0.25, -0.2) is 0 Å². The Bertz CT molecular complexity index is 299. The van der Waals surface area contributed by atoms with E-state index in [1.165, 1.54) is 25.7 Å². The number of hydrogen-bond acceptors (Lipinski definition) is 1. The number of carbonyl (C=O) groups excluding carboxylic acids is 1. The zero-order chi connectivity index (χ0) is 13.8. The van der Waals surface area contributed by atoms with Crippen LogP contribution >= 0.6 is 0 Å². The molecule has 0 N–H and O–H groups in total. The van der Waals surface area contributed by atoms with Crippen molar-refractivity contribution >= 4 is 5.78 Å². The van der Waals surface area contributed by atoms with Gasteiger partial charge in [-0.05, 0) is 48.9 Å². The van der Waals surface area contributed by atoms with Crippen molar-refractivity contribution in [2.45, 2.75) is 72.6 Å². The molecule has 1 atom stereocenters. The Morgan fingerprint density at radius 3 is 2.17 bits per heavy atom. The van der Waals surface area contributed by atoms with Gasteiger partial charge in [0, 0.05) is 12.8 Å². The van der Waals surface area contributed by atoms with Gasteiger partial charge in [-0.1, -0.05) is 33.8 Å². The fourth-order valence-corrected chi connectivity index (χ4v) is 3.21. The van der Waals surface area contributed by atoms with Gasteiger partial charge in [-0.15, -0.1) is 6.58 Å². The molecule has 104 valence electrons. The summed E-state index contributed by atoms with van der Waals surface area (Å²) < 4.78 is 0. The topological polar surface area (TPSA) is 17.1 Å². The van der Waals surface area contributed by atoms with Crippen molar-refractivity contribution in [3.05, 3.63) is 12.7 Å². The van der Waals surface area contributed by atoms with Crippen molar-refractivity contribution in [3.8, 4) is 0 Å². The molecule has 0 aromatic rings. The van der Waals surface area contributed by atoms with Gasteiger partial charge in [0.2, 0.25) is 0 Å². The lowest BCUT2D eigenvalue weighted by molar-refractivity contribution is -0.117. The molecule has 1 nitrogen and oxygen atoms in total. The summed E-state index contributed by atoms with van der Waals surface area (Å²) in [5.74, 6) is 1.38. The van der Waals surface area contributed by atoms with Crippen LogP contribution < -0.4 is 0 Å². The highest BCUT2D eigenvalue weighted by molar-refractivity contribution is 5.81. The van der Waals surface area contributed by atoms with Crippen molar-refractivity contribution in [3.63, 3.8) is 0 Å². The first kappa shape index (κ1) is 15.5. The van der Waals surface area contributed by atoms with Crippen LogP contribution in [0.25, 0.3) is 0 Å². The van der Waals surface area contributed by atoms with Gasteiger partial charge in [-0.3, -0.25) is 4.79 Å². The second-order valence-corrected chi connectivity index (χ2v) is 7.68. The molecule has 0 heterocycles. The molecule has 2 aliphatic rings. The number of ketones is 1. The van der Waals surface area contributed by atoms with Crippen molar-refractivity contribution in [1.82, 2.24) is 0 Å². The van der Waals surface area contributed by atoms with E-state index in [9.17, 15) is 4.79 Å². The maximum Gasteiger partial charge on any atom is 0.133 e. The lowest BCUT2D eigenvalue weighted by atomic mass is 9.90. The third-order valence-electron chi connectivity index (χ3n) is 4.33. The second kappa shape index (κ2) is 6.04. The molecule has 0 saturated heterocycles. The molecule has 2 fully saturated rings. The van der Waals surface area contributed by atoms with Gasteiger partial charge < -0.3 is 0 Å². The van der Waals surface area contributed by atoms with Crippen molar-refractivity contribution in [2.75, 3.05) is 0 Å². The van der Waals surface area contributed by atoms with Gasteiger partial charge in [0.05, 0.1) is 0 Å². The zero-order valence-corrected chi connectivity index (χ0v) is 12.7. The van der Waals surface area contributed by atoms with E-state index in [1.54, 1.807) is 0 Å². The van der Waals surface area contributed by atoms with E-state index in [1.807, 2.05) is 0 Å². The molecule has 1 heteroatoms. The zero-order valence-electron chi connectivity index (χ0n) is 12.7. The standard InChI is InChI=1S/C10H18.C7H12O/c1-4-5-9-6-7-10(2,3)8-9;1-7(2)4-3-6(8)5-7/h4,9H,1,5-8H2,2-3H3;3-5H2,1-2H3. The van der Waals surface area contributed by atoms with Crippen LogP contribution in [0.3, 0.4) is 0 Å². The Labute approximate surface area is 113 Å². The summed E-state index contributed by atoms with van der Waals surface area (Å²) in [4.78, 5) is 10.7. The predicted octanol–water partition coefficient (Wildman–Crippen LogP) is 5.15. The minimum absolute atomic E-state index is 0.317. The molecule has 0 aromatic heterocycles. The number of carbonyl (C=O) groups is 1. The summed E-state index contributed by atoms with van der Waals surface area (Å²) in [6.07, 6.45) is 10.2. The first-order valence-electron chi connectivity index (χ1n) is 7.37. The third kappa shape index (κ3) is 5.37. The van der Waals surface area contributed by atoms with E-state index in [0.717, 1.165) is 25.2 Å². The van der Waals surface area contributed by atoms with Crippen LogP contribution in [0.15, 0.2) is 12.7 Å². The number of Topliss-reactive ketones (excluding diaryl/α,β-unsaturated/α-hetero) is 1. The summed E-state index contributed by atoms with van der Waals surface area (Å²) in [5.41, 5.74) is 0.935. The lowest BCUT2D eigenvalue weighted by Gasteiger charge is -2.16. The van der Waals surface area contributed by atoms with E-state index in [0.29, 0.717) is 16.6 Å².